The first-order chi connectivity index (χ1) is 9.88. The van der Waals surface area contributed by atoms with Crippen molar-refractivity contribution >= 4 is 0 Å². The average Bonchev–Trinajstić information content (AvgIpc) is 2.90. The number of nitrogens with one attached hydrogen (secondary N) is 1. The summed E-state index contributed by atoms with van der Waals surface area (Å²) in [6.07, 6.45) is 5.61. The van der Waals surface area contributed by atoms with Gasteiger partial charge in [0.2, 0.25) is 0 Å². The van der Waals surface area contributed by atoms with Crippen LogP contribution in [-0.4, -0.2) is 20.7 Å². The molecule has 0 aliphatic rings. The fourth-order valence-electron chi connectivity index (χ4n) is 2.43. The molecule has 1 aromatic carbocycles. The summed E-state index contributed by atoms with van der Waals surface area (Å²) in [5, 5.41) is 13.6. The quantitative estimate of drug-likeness (QED) is 0.886. The van der Waals surface area contributed by atoms with Crippen molar-refractivity contribution in [3.8, 4) is 5.75 Å². The van der Waals surface area contributed by atoms with Crippen LogP contribution in [0, 0.1) is 5.41 Å². The van der Waals surface area contributed by atoms with E-state index in [0.717, 1.165) is 12.1 Å². The summed E-state index contributed by atoms with van der Waals surface area (Å²) in [6, 6.07) is 7.84. The Morgan fingerprint density at radius 3 is 2.57 bits per heavy atom. The van der Waals surface area contributed by atoms with Gasteiger partial charge in [0, 0.05) is 36.6 Å². The fraction of sp³-hybridized carbons (Fsp3) is 0.471. The van der Waals surface area contributed by atoms with Crippen LogP contribution in [0.1, 0.15) is 39.3 Å². The summed E-state index contributed by atoms with van der Waals surface area (Å²) in [5.41, 5.74) is 1.03. The van der Waals surface area contributed by atoms with Gasteiger partial charge < -0.3 is 15.0 Å². The third kappa shape index (κ3) is 4.08. The molecule has 1 aromatic heterocycles. The maximum absolute atomic E-state index is 10.00. The van der Waals surface area contributed by atoms with Gasteiger partial charge in [-0.25, -0.2) is 4.98 Å². The van der Waals surface area contributed by atoms with Crippen LogP contribution in [0.5, 0.6) is 5.75 Å². The minimum absolute atomic E-state index is 0.0824. The summed E-state index contributed by atoms with van der Waals surface area (Å²) in [4.78, 5) is 4.10. The summed E-state index contributed by atoms with van der Waals surface area (Å²) in [6.45, 7) is 9.60. The van der Waals surface area contributed by atoms with Gasteiger partial charge in [0.25, 0.3) is 0 Å². The molecule has 114 valence electrons. The molecule has 4 heteroatoms. The van der Waals surface area contributed by atoms with E-state index in [9.17, 15) is 5.11 Å². The lowest BCUT2D eigenvalue weighted by Crippen LogP contribution is -2.44. The third-order valence-electron chi connectivity index (χ3n) is 3.85. The second-order valence-electron chi connectivity index (χ2n) is 6.63. The summed E-state index contributed by atoms with van der Waals surface area (Å²) in [5.74, 6) is 0.341. The Morgan fingerprint density at radius 2 is 2.00 bits per heavy atom. The van der Waals surface area contributed by atoms with Crippen LogP contribution in [0.2, 0.25) is 0 Å². The van der Waals surface area contributed by atoms with Gasteiger partial charge in [0.15, 0.2) is 0 Å². The molecule has 1 heterocycles. The minimum atomic E-state index is 0.0824. The highest BCUT2D eigenvalue weighted by molar-refractivity contribution is 5.34. The van der Waals surface area contributed by atoms with Crippen LogP contribution in [0.25, 0.3) is 0 Å². The molecule has 2 aromatic rings. The van der Waals surface area contributed by atoms with Crippen molar-refractivity contribution < 1.29 is 5.11 Å². The van der Waals surface area contributed by atoms with Gasteiger partial charge in [-0.05, 0) is 18.4 Å². The Kier molecular flexibility index (Phi) is 4.68. The standard InChI is InChI=1S/C17H25N3O/c1-13(14-7-5-6-8-15(14)21)19-16(17(2,3)4)11-20-10-9-18-12-20/h5-10,12-13,16,19,21H,11H2,1-4H3. The molecule has 0 saturated heterocycles. The monoisotopic (exact) mass is 287 g/mol. The first-order valence-electron chi connectivity index (χ1n) is 7.37. The van der Waals surface area contributed by atoms with Crippen LogP contribution in [0.4, 0.5) is 0 Å². The molecule has 2 rings (SSSR count). The maximum Gasteiger partial charge on any atom is 0.120 e. The smallest absolute Gasteiger partial charge is 0.120 e. The number of aromatic hydroxyl groups is 1. The number of rotatable bonds is 5. The highest BCUT2D eigenvalue weighted by Gasteiger charge is 2.27. The fourth-order valence-corrected chi connectivity index (χ4v) is 2.43. The first-order valence-corrected chi connectivity index (χ1v) is 7.37. The number of imidazole rings is 1. The predicted molar refractivity (Wildman–Crippen MR) is 85.1 cm³/mol. The number of para-hydroxylation sites is 1. The van der Waals surface area contributed by atoms with Gasteiger partial charge in [-0.1, -0.05) is 39.0 Å². The molecular formula is C17H25N3O. The van der Waals surface area contributed by atoms with E-state index < -0.39 is 0 Å². The Morgan fingerprint density at radius 1 is 1.29 bits per heavy atom. The molecule has 2 N–H and O–H groups in total. The Bertz CT molecular complexity index is 558. The lowest BCUT2D eigenvalue weighted by atomic mass is 9.85. The molecule has 0 saturated carbocycles. The molecule has 0 radical (unpaired) electrons. The van der Waals surface area contributed by atoms with Crippen molar-refractivity contribution in [2.24, 2.45) is 5.41 Å². The Hall–Kier alpha value is -1.81. The maximum atomic E-state index is 10.00. The van der Waals surface area contributed by atoms with Crippen LogP contribution >= 0.6 is 0 Å². The number of phenols is 1. The highest BCUT2D eigenvalue weighted by atomic mass is 16.3. The zero-order chi connectivity index (χ0) is 15.5. The predicted octanol–water partition coefficient (Wildman–Crippen LogP) is 3.35. The molecule has 0 spiro atoms. The van der Waals surface area contributed by atoms with Gasteiger partial charge in [0.05, 0.1) is 6.33 Å². The number of nitrogens with zero attached hydrogens (tertiary/aromatic N) is 2. The molecule has 0 bridgehead atoms. The largest absolute Gasteiger partial charge is 0.508 e. The number of benzene rings is 1. The zero-order valence-electron chi connectivity index (χ0n) is 13.2. The summed E-state index contributed by atoms with van der Waals surface area (Å²) in [7, 11) is 0. The molecule has 4 nitrogen and oxygen atoms in total. The van der Waals surface area contributed by atoms with E-state index >= 15 is 0 Å². The van der Waals surface area contributed by atoms with Crippen molar-refractivity contribution in [2.45, 2.75) is 46.3 Å². The summed E-state index contributed by atoms with van der Waals surface area (Å²) >= 11 is 0. The van der Waals surface area contributed by atoms with E-state index in [4.69, 9.17) is 0 Å². The van der Waals surface area contributed by atoms with Gasteiger partial charge in [-0.3, -0.25) is 0 Å². The first kappa shape index (κ1) is 15.6. The van der Waals surface area contributed by atoms with E-state index in [-0.39, 0.29) is 17.5 Å². The lowest BCUT2D eigenvalue weighted by molar-refractivity contribution is 0.224. The second kappa shape index (κ2) is 6.31. The Balaban J connectivity index is 2.13. The number of hydrogen-bond acceptors (Lipinski definition) is 3. The van der Waals surface area contributed by atoms with Crippen molar-refractivity contribution in [1.29, 1.82) is 0 Å². The van der Waals surface area contributed by atoms with Gasteiger partial charge >= 0.3 is 0 Å². The molecule has 0 aliphatic heterocycles. The zero-order valence-corrected chi connectivity index (χ0v) is 13.2. The number of phenolic OH excluding ortho intramolecular Hbond substituents is 1. The van der Waals surface area contributed by atoms with Crippen molar-refractivity contribution in [3.63, 3.8) is 0 Å². The van der Waals surface area contributed by atoms with Gasteiger partial charge in [-0.15, -0.1) is 0 Å². The van der Waals surface area contributed by atoms with Crippen molar-refractivity contribution in [3.05, 3.63) is 48.5 Å². The van der Waals surface area contributed by atoms with E-state index in [0.29, 0.717) is 5.75 Å². The number of hydrogen-bond donors (Lipinski definition) is 2. The normalized spacial score (nSPS) is 14.9. The van der Waals surface area contributed by atoms with Crippen LogP contribution < -0.4 is 5.32 Å². The molecule has 2 atom stereocenters. The highest BCUT2D eigenvalue weighted by Crippen LogP contribution is 2.27. The number of aromatic nitrogens is 2. The van der Waals surface area contributed by atoms with E-state index in [1.807, 2.05) is 30.7 Å². The van der Waals surface area contributed by atoms with Crippen molar-refractivity contribution in [1.82, 2.24) is 14.9 Å². The SMILES string of the molecule is CC(NC(Cn1ccnc1)C(C)(C)C)c1ccccc1O. The van der Waals surface area contributed by atoms with Crippen LogP contribution in [0.15, 0.2) is 43.0 Å². The van der Waals surface area contributed by atoms with E-state index in [2.05, 4.69) is 42.6 Å². The lowest BCUT2D eigenvalue weighted by Gasteiger charge is -2.34. The molecule has 2 unspecified atom stereocenters. The van der Waals surface area contributed by atoms with E-state index in [1.165, 1.54) is 0 Å². The van der Waals surface area contributed by atoms with E-state index in [1.54, 1.807) is 12.3 Å². The molecule has 0 aliphatic carbocycles. The minimum Gasteiger partial charge on any atom is -0.508 e. The summed E-state index contributed by atoms with van der Waals surface area (Å²) < 4.78 is 2.08. The van der Waals surface area contributed by atoms with Crippen molar-refractivity contribution in [2.75, 3.05) is 0 Å². The second-order valence-corrected chi connectivity index (χ2v) is 6.63. The Labute approximate surface area is 126 Å². The molecule has 0 amide bonds. The van der Waals surface area contributed by atoms with Crippen LogP contribution in [-0.2, 0) is 6.54 Å². The molecular weight excluding hydrogens is 262 g/mol. The van der Waals surface area contributed by atoms with Gasteiger partial charge in [-0.2, -0.15) is 0 Å². The molecule has 0 fully saturated rings. The average molecular weight is 287 g/mol. The molecule has 21 heavy (non-hydrogen) atoms. The van der Waals surface area contributed by atoms with Gasteiger partial charge in [0.1, 0.15) is 5.75 Å². The topological polar surface area (TPSA) is 50.1 Å². The van der Waals surface area contributed by atoms with Crippen LogP contribution in [0.3, 0.4) is 0 Å². The third-order valence-corrected chi connectivity index (χ3v) is 3.85.